The molecule has 0 saturated heterocycles. The van der Waals surface area contributed by atoms with E-state index in [1.165, 1.54) is 65.0 Å². The molecule has 2 aliphatic rings. The summed E-state index contributed by atoms with van der Waals surface area (Å²) in [5, 5.41) is 5.86. The van der Waals surface area contributed by atoms with Gasteiger partial charge in [-0.05, 0) is 58.3 Å². The second kappa shape index (κ2) is 10.9. The first-order valence-corrected chi connectivity index (χ1v) is 18.7. The van der Waals surface area contributed by atoms with Crippen LogP contribution in [-0.2, 0) is 0 Å². The average molecular weight is 693 g/mol. The molecule has 2 aromatic heterocycles. The van der Waals surface area contributed by atoms with Crippen LogP contribution in [0.4, 0.5) is 17.1 Å². The summed E-state index contributed by atoms with van der Waals surface area (Å²) in [6.45, 7) is 0. The van der Waals surface area contributed by atoms with Crippen molar-refractivity contribution in [2.24, 2.45) is 0 Å². The van der Waals surface area contributed by atoms with E-state index in [9.17, 15) is 0 Å². The maximum absolute atomic E-state index is 5.46. The van der Waals surface area contributed by atoms with E-state index in [1.807, 2.05) is 11.8 Å². The normalized spacial score (nSPS) is 12.8. The summed E-state index contributed by atoms with van der Waals surface area (Å²) in [5.74, 6) is 0.655. The molecule has 0 spiro atoms. The van der Waals surface area contributed by atoms with Gasteiger partial charge in [-0.3, -0.25) is 4.57 Å². The molecule has 0 radical (unpaired) electrons. The van der Waals surface area contributed by atoms with Gasteiger partial charge < -0.3 is 4.90 Å². The average Bonchev–Trinajstić information content (AvgIpc) is 3.49. The molecular weight excluding hydrogens is 665 g/mol. The van der Waals surface area contributed by atoms with Gasteiger partial charge in [-0.25, -0.2) is 9.97 Å². The van der Waals surface area contributed by atoms with Gasteiger partial charge in [0.25, 0.3) is 0 Å². The molecule has 4 heterocycles. The predicted octanol–water partition coefficient (Wildman–Crippen LogP) is 13.1. The molecule has 0 bridgehead atoms. The third-order valence-corrected chi connectivity index (χ3v) is 12.0. The number of aromatic nitrogens is 3. The number of fused-ring (bicyclic) bond motifs is 14. The maximum atomic E-state index is 5.46. The molecule has 0 saturated carbocycles. The third-order valence-electron chi connectivity index (χ3n) is 10.9. The van der Waals surface area contributed by atoms with E-state index in [-0.39, 0.29) is 0 Å². The van der Waals surface area contributed by atoms with Crippen LogP contribution in [-0.4, -0.2) is 14.5 Å². The van der Waals surface area contributed by atoms with Crippen molar-refractivity contribution in [3.05, 3.63) is 170 Å². The minimum Gasteiger partial charge on any atom is -0.307 e. The SMILES string of the molecule is c1ccc(-c2nc(-n3c4ccccc4c4ccc5c(c43)-c3ccccc3-c3c4c(cc6ccccc36)Sc3ccccc3N54)nc3ccccc23)cc1. The van der Waals surface area contributed by atoms with Crippen molar-refractivity contribution in [1.82, 2.24) is 14.5 Å². The smallest absolute Gasteiger partial charge is 0.235 e. The van der Waals surface area contributed by atoms with Gasteiger partial charge in [0.15, 0.2) is 0 Å². The Labute approximate surface area is 309 Å². The van der Waals surface area contributed by atoms with E-state index in [4.69, 9.17) is 9.97 Å². The zero-order valence-corrected chi connectivity index (χ0v) is 29.2. The largest absolute Gasteiger partial charge is 0.307 e. The van der Waals surface area contributed by atoms with Gasteiger partial charge in [-0.1, -0.05) is 145 Å². The lowest BCUT2D eigenvalue weighted by Crippen LogP contribution is -2.16. The maximum Gasteiger partial charge on any atom is 0.235 e. The second-order valence-electron chi connectivity index (χ2n) is 13.7. The molecule has 0 fully saturated rings. The van der Waals surface area contributed by atoms with E-state index >= 15 is 0 Å². The van der Waals surface area contributed by atoms with Crippen molar-refractivity contribution >= 4 is 72.3 Å². The Hall–Kier alpha value is -6.69. The second-order valence-corrected chi connectivity index (χ2v) is 14.8. The predicted molar refractivity (Wildman–Crippen MR) is 220 cm³/mol. The zero-order valence-electron chi connectivity index (χ0n) is 28.4. The molecule has 0 aliphatic carbocycles. The van der Waals surface area contributed by atoms with Gasteiger partial charge in [0.1, 0.15) is 0 Å². The quantitative estimate of drug-likeness (QED) is 0.181. The van der Waals surface area contributed by atoms with Crippen LogP contribution in [0.2, 0.25) is 0 Å². The van der Waals surface area contributed by atoms with E-state index in [1.54, 1.807) is 0 Å². The van der Waals surface area contributed by atoms with Gasteiger partial charge in [0.2, 0.25) is 5.95 Å². The lowest BCUT2D eigenvalue weighted by atomic mass is 9.90. The lowest BCUT2D eigenvalue weighted by molar-refractivity contribution is 1.01. The highest BCUT2D eigenvalue weighted by Gasteiger charge is 2.36. The number of rotatable bonds is 2. The molecule has 53 heavy (non-hydrogen) atoms. The van der Waals surface area contributed by atoms with Gasteiger partial charge in [0, 0.05) is 42.6 Å². The number of benzene rings is 8. The van der Waals surface area contributed by atoms with E-state index in [2.05, 4.69) is 179 Å². The molecule has 246 valence electrons. The van der Waals surface area contributed by atoms with Crippen LogP contribution in [0.5, 0.6) is 0 Å². The van der Waals surface area contributed by atoms with Gasteiger partial charge in [-0.2, -0.15) is 0 Å². The number of nitrogens with zero attached hydrogens (tertiary/aromatic N) is 4. The van der Waals surface area contributed by atoms with Crippen molar-refractivity contribution in [2.45, 2.75) is 9.79 Å². The first-order valence-electron chi connectivity index (χ1n) is 17.9. The van der Waals surface area contributed by atoms with E-state index in [0.717, 1.165) is 38.9 Å². The Morgan fingerprint density at radius 1 is 0.472 bits per heavy atom. The molecule has 12 rings (SSSR count). The van der Waals surface area contributed by atoms with Gasteiger partial charge >= 0.3 is 0 Å². The molecule has 0 amide bonds. The first-order chi connectivity index (χ1) is 26.3. The highest BCUT2D eigenvalue weighted by atomic mass is 32.2. The van der Waals surface area contributed by atoms with Crippen LogP contribution < -0.4 is 4.90 Å². The third kappa shape index (κ3) is 4.03. The van der Waals surface area contributed by atoms with Crippen molar-refractivity contribution < 1.29 is 0 Å². The fourth-order valence-corrected chi connectivity index (χ4v) is 9.83. The van der Waals surface area contributed by atoms with Crippen LogP contribution in [0.3, 0.4) is 0 Å². The fourth-order valence-electron chi connectivity index (χ4n) is 8.71. The molecule has 10 aromatic rings. The summed E-state index contributed by atoms with van der Waals surface area (Å²) < 4.78 is 2.32. The summed E-state index contributed by atoms with van der Waals surface area (Å²) in [4.78, 5) is 15.8. The van der Waals surface area contributed by atoms with Crippen LogP contribution >= 0.6 is 11.8 Å². The van der Waals surface area contributed by atoms with Gasteiger partial charge in [-0.15, -0.1) is 0 Å². The summed E-state index contributed by atoms with van der Waals surface area (Å²) >= 11 is 1.86. The van der Waals surface area contributed by atoms with Gasteiger partial charge in [0.05, 0.1) is 39.3 Å². The minimum atomic E-state index is 0.655. The Morgan fingerprint density at radius 3 is 2.06 bits per heavy atom. The zero-order chi connectivity index (χ0) is 34.6. The van der Waals surface area contributed by atoms with Crippen molar-refractivity contribution in [2.75, 3.05) is 4.90 Å². The Balaban J connectivity index is 1.28. The van der Waals surface area contributed by atoms with E-state index < -0.39 is 0 Å². The summed E-state index contributed by atoms with van der Waals surface area (Å²) in [7, 11) is 0. The van der Waals surface area contributed by atoms with Crippen LogP contribution in [0.25, 0.3) is 82.9 Å². The van der Waals surface area contributed by atoms with E-state index in [0.29, 0.717) is 5.95 Å². The number of hydrogen-bond acceptors (Lipinski definition) is 4. The molecular formula is C48H28N4S. The van der Waals surface area contributed by atoms with Crippen LogP contribution in [0.1, 0.15) is 0 Å². The van der Waals surface area contributed by atoms with Crippen LogP contribution in [0.15, 0.2) is 180 Å². The molecule has 8 aromatic carbocycles. The Bertz CT molecular complexity index is 3160. The van der Waals surface area contributed by atoms with Crippen molar-refractivity contribution in [1.29, 1.82) is 0 Å². The molecule has 5 heteroatoms. The monoisotopic (exact) mass is 692 g/mol. The minimum absolute atomic E-state index is 0.655. The lowest BCUT2D eigenvalue weighted by Gasteiger charge is -2.35. The fraction of sp³-hybridized carbons (Fsp3) is 0. The van der Waals surface area contributed by atoms with Crippen molar-refractivity contribution in [3.63, 3.8) is 0 Å². The Kier molecular flexibility index (Phi) is 5.96. The van der Waals surface area contributed by atoms with Crippen LogP contribution in [0, 0.1) is 0 Å². The number of anilines is 3. The summed E-state index contributed by atoms with van der Waals surface area (Å²) in [6, 6.07) is 61.2. The summed E-state index contributed by atoms with van der Waals surface area (Å²) in [5.41, 5.74) is 13.5. The molecule has 0 atom stereocenters. The number of para-hydroxylation sites is 3. The molecule has 2 aliphatic heterocycles. The first kappa shape index (κ1) is 28.9. The standard InChI is InChI=1S/C48H28N4S/c1-2-14-29(15-3-1)45-36-21-8-10-22-37(36)49-48(50-45)52-38-23-11-9-18-32(38)35-26-27-40-44(46(35)52)34-20-7-6-19-33(34)43-31-17-5-4-16-30(31)28-42-47(43)51(40)39-24-12-13-25-41(39)53-42/h1-28H. The number of hydrogen-bond donors (Lipinski definition) is 0. The summed E-state index contributed by atoms with van der Waals surface area (Å²) in [6.07, 6.45) is 0. The Morgan fingerprint density at radius 2 is 1.17 bits per heavy atom. The highest BCUT2D eigenvalue weighted by molar-refractivity contribution is 7.99. The highest BCUT2D eigenvalue weighted by Crippen LogP contribution is 2.61. The molecule has 4 nitrogen and oxygen atoms in total. The van der Waals surface area contributed by atoms with Crippen molar-refractivity contribution in [3.8, 4) is 39.5 Å². The molecule has 0 unspecified atom stereocenters. The topological polar surface area (TPSA) is 34.0 Å². The molecule has 0 N–H and O–H groups in total.